The molecule has 0 bridgehead atoms. The highest BCUT2D eigenvalue weighted by molar-refractivity contribution is 5.92. The van der Waals surface area contributed by atoms with Crippen molar-refractivity contribution in [2.24, 2.45) is 5.73 Å². The maximum atomic E-state index is 12.1. The van der Waals surface area contributed by atoms with E-state index in [0.717, 1.165) is 31.6 Å². The smallest absolute Gasteiger partial charge is 0.274 e. The zero-order chi connectivity index (χ0) is 12.4. The Balaban J connectivity index is 0.00000162. The van der Waals surface area contributed by atoms with Gasteiger partial charge in [-0.15, -0.1) is 12.4 Å². The molecular weight excluding hydrogens is 252 g/mol. The lowest BCUT2D eigenvalue weighted by atomic mass is 10.1. The van der Waals surface area contributed by atoms with Gasteiger partial charge in [-0.2, -0.15) is 5.10 Å². The summed E-state index contributed by atoms with van der Waals surface area (Å²) in [5.41, 5.74) is 7.34. The van der Waals surface area contributed by atoms with Gasteiger partial charge in [-0.05, 0) is 24.8 Å². The first-order valence-corrected chi connectivity index (χ1v) is 6.18. The number of nitrogens with zero attached hydrogens (tertiary/aromatic N) is 2. The van der Waals surface area contributed by atoms with Crippen LogP contribution in [0.15, 0.2) is 6.07 Å². The molecule has 0 spiro atoms. The summed E-state index contributed by atoms with van der Waals surface area (Å²) in [6.07, 6.45) is 1.76. The Morgan fingerprint density at radius 1 is 1.50 bits per heavy atom. The van der Waals surface area contributed by atoms with E-state index in [2.05, 4.69) is 24.0 Å². The molecule has 6 heteroatoms. The first-order chi connectivity index (χ1) is 8.08. The molecule has 0 aliphatic carbocycles. The van der Waals surface area contributed by atoms with Crippen LogP contribution < -0.4 is 5.73 Å². The minimum Gasteiger partial charge on any atom is -0.337 e. The van der Waals surface area contributed by atoms with E-state index in [-0.39, 0.29) is 24.4 Å². The lowest BCUT2D eigenvalue weighted by Crippen LogP contribution is -2.42. The molecule has 0 atom stereocenters. The Kier molecular flexibility index (Phi) is 5.16. The van der Waals surface area contributed by atoms with Gasteiger partial charge in [0.25, 0.3) is 5.91 Å². The average Bonchev–Trinajstić information content (AvgIpc) is 2.78. The van der Waals surface area contributed by atoms with Gasteiger partial charge in [0, 0.05) is 24.8 Å². The third-order valence-electron chi connectivity index (χ3n) is 3.27. The number of carbonyl (C=O) groups is 1. The predicted octanol–water partition coefficient (Wildman–Crippen LogP) is 1.52. The minimum atomic E-state index is 0. The summed E-state index contributed by atoms with van der Waals surface area (Å²) in [6, 6.07) is 2.09. The fourth-order valence-corrected chi connectivity index (χ4v) is 2.01. The maximum absolute atomic E-state index is 12.1. The molecule has 1 aromatic heterocycles. The molecule has 1 fully saturated rings. The molecule has 0 radical (unpaired) electrons. The number of likely N-dealkylation sites (tertiary alicyclic amines) is 1. The van der Waals surface area contributed by atoms with E-state index in [1.807, 2.05) is 11.0 Å². The first-order valence-electron chi connectivity index (χ1n) is 6.18. The summed E-state index contributed by atoms with van der Waals surface area (Å²) in [5, 5.41) is 7.00. The topological polar surface area (TPSA) is 75.0 Å². The van der Waals surface area contributed by atoms with Crippen LogP contribution in [0.4, 0.5) is 0 Å². The fraction of sp³-hybridized carbons (Fsp3) is 0.667. The number of rotatable bonds is 2. The van der Waals surface area contributed by atoms with Crippen molar-refractivity contribution in [2.45, 2.75) is 38.6 Å². The zero-order valence-electron chi connectivity index (χ0n) is 10.8. The van der Waals surface area contributed by atoms with Crippen LogP contribution in [0.1, 0.15) is 48.8 Å². The van der Waals surface area contributed by atoms with Crippen molar-refractivity contribution in [3.05, 3.63) is 17.5 Å². The minimum absolute atomic E-state index is 0. The van der Waals surface area contributed by atoms with E-state index >= 15 is 0 Å². The van der Waals surface area contributed by atoms with Gasteiger partial charge in [-0.25, -0.2) is 0 Å². The second-order valence-corrected chi connectivity index (χ2v) is 4.99. The fourth-order valence-electron chi connectivity index (χ4n) is 2.01. The monoisotopic (exact) mass is 272 g/mol. The summed E-state index contributed by atoms with van der Waals surface area (Å²) in [4.78, 5) is 14.0. The van der Waals surface area contributed by atoms with Gasteiger partial charge >= 0.3 is 0 Å². The Hall–Kier alpha value is -1.07. The molecule has 0 aromatic carbocycles. The highest BCUT2D eigenvalue weighted by Crippen LogP contribution is 2.15. The number of hydrogen-bond acceptors (Lipinski definition) is 3. The number of carbonyl (C=O) groups excluding carboxylic acids is 1. The number of H-pyrrole nitrogens is 1. The van der Waals surface area contributed by atoms with E-state index in [9.17, 15) is 4.79 Å². The van der Waals surface area contributed by atoms with Gasteiger partial charge in [0.1, 0.15) is 5.69 Å². The van der Waals surface area contributed by atoms with Crippen LogP contribution in [0.3, 0.4) is 0 Å². The largest absolute Gasteiger partial charge is 0.337 e. The Morgan fingerprint density at radius 2 is 2.11 bits per heavy atom. The molecule has 102 valence electrons. The normalized spacial score (nSPS) is 16.8. The van der Waals surface area contributed by atoms with Crippen LogP contribution in [0.25, 0.3) is 0 Å². The Bertz CT molecular complexity index is 397. The van der Waals surface area contributed by atoms with Gasteiger partial charge in [-0.3, -0.25) is 9.89 Å². The highest BCUT2D eigenvalue weighted by atomic mass is 35.5. The number of aromatic nitrogens is 2. The molecule has 1 saturated heterocycles. The molecule has 18 heavy (non-hydrogen) atoms. The van der Waals surface area contributed by atoms with Gasteiger partial charge in [0.15, 0.2) is 0 Å². The van der Waals surface area contributed by atoms with E-state index in [1.54, 1.807) is 0 Å². The van der Waals surface area contributed by atoms with Crippen molar-refractivity contribution in [1.82, 2.24) is 15.1 Å². The Labute approximate surface area is 114 Å². The summed E-state index contributed by atoms with van der Waals surface area (Å²) in [5.74, 6) is 0.374. The molecule has 1 aromatic rings. The van der Waals surface area contributed by atoms with Crippen molar-refractivity contribution in [3.8, 4) is 0 Å². The summed E-state index contributed by atoms with van der Waals surface area (Å²) in [6.45, 7) is 5.62. The molecule has 0 saturated carbocycles. The lowest BCUT2D eigenvalue weighted by molar-refractivity contribution is 0.0708. The second kappa shape index (κ2) is 6.20. The number of piperidine rings is 1. The summed E-state index contributed by atoms with van der Waals surface area (Å²) >= 11 is 0. The molecule has 2 rings (SSSR count). The van der Waals surface area contributed by atoms with Crippen molar-refractivity contribution in [2.75, 3.05) is 13.1 Å². The number of aromatic amines is 1. The van der Waals surface area contributed by atoms with Crippen LogP contribution in [0.5, 0.6) is 0 Å². The van der Waals surface area contributed by atoms with E-state index in [1.165, 1.54) is 0 Å². The first kappa shape index (κ1) is 15.0. The molecule has 0 unspecified atom stereocenters. The predicted molar refractivity (Wildman–Crippen MR) is 73.0 cm³/mol. The SMILES string of the molecule is CC(C)c1cc(C(=O)N2CCC(N)CC2)n[nH]1.Cl. The van der Waals surface area contributed by atoms with E-state index < -0.39 is 0 Å². The Morgan fingerprint density at radius 3 is 2.61 bits per heavy atom. The quantitative estimate of drug-likeness (QED) is 0.857. The number of nitrogens with one attached hydrogen (secondary N) is 1. The molecule has 1 aliphatic heterocycles. The van der Waals surface area contributed by atoms with Crippen LogP contribution in [0.2, 0.25) is 0 Å². The molecular formula is C12H21ClN4O. The second-order valence-electron chi connectivity index (χ2n) is 4.99. The van der Waals surface area contributed by atoms with E-state index in [0.29, 0.717) is 11.6 Å². The van der Waals surface area contributed by atoms with Crippen LogP contribution in [-0.2, 0) is 0 Å². The maximum Gasteiger partial charge on any atom is 0.274 e. The zero-order valence-corrected chi connectivity index (χ0v) is 11.7. The highest BCUT2D eigenvalue weighted by Gasteiger charge is 2.23. The lowest BCUT2D eigenvalue weighted by Gasteiger charge is -2.29. The summed E-state index contributed by atoms with van der Waals surface area (Å²) < 4.78 is 0. The third-order valence-corrected chi connectivity index (χ3v) is 3.27. The molecule has 2 heterocycles. The number of nitrogens with two attached hydrogens (primary N) is 1. The van der Waals surface area contributed by atoms with Crippen molar-refractivity contribution >= 4 is 18.3 Å². The number of hydrogen-bond donors (Lipinski definition) is 2. The van der Waals surface area contributed by atoms with Crippen LogP contribution in [0, 0.1) is 0 Å². The van der Waals surface area contributed by atoms with Crippen molar-refractivity contribution in [1.29, 1.82) is 0 Å². The van der Waals surface area contributed by atoms with Crippen LogP contribution in [-0.4, -0.2) is 40.1 Å². The number of amides is 1. The van der Waals surface area contributed by atoms with Gasteiger partial charge in [0.05, 0.1) is 0 Å². The summed E-state index contributed by atoms with van der Waals surface area (Å²) in [7, 11) is 0. The van der Waals surface area contributed by atoms with Crippen molar-refractivity contribution < 1.29 is 4.79 Å². The van der Waals surface area contributed by atoms with Crippen molar-refractivity contribution in [3.63, 3.8) is 0 Å². The standard InChI is InChI=1S/C12H20N4O.ClH/c1-8(2)10-7-11(15-14-10)12(17)16-5-3-9(13)4-6-16;/h7-9H,3-6,13H2,1-2H3,(H,14,15);1H. The number of halogens is 1. The molecule has 1 amide bonds. The van der Waals surface area contributed by atoms with Gasteiger partial charge in [-0.1, -0.05) is 13.8 Å². The van der Waals surface area contributed by atoms with Gasteiger partial charge < -0.3 is 10.6 Å². The molecule has 3 N–H and O–H groups in total. The van der Waals surface area contributed by atoms with E-state index in [4.69, 9.17) is 5.73 Å². The molecule has 5 nitrogen and oxygen atoms in total. The van der Waals surface area contributed by atoms with Crippen LogP contribution >= 0.6 is 12.4 Å². The average molecular weight is 273 g/mol. The third kappa shape index (κ3) is 3.23. The molecule has 1 aliphatic rings. The van der Waals surface area contributed by atoms with Gasteiger partial charge in [0.2, 0.25) is 0 Å².